The molecule has 2 fully saturated rings. The Labute approximate surface area is 173 Å². The third kappa shape index (κ3) is 2.89. The minimum atomic E-state index is -0.812. The van der Waals surface area contributed by atoms with E-state index in [1.807, 2.05) is 36.4 Å². The number of urea groups is 1. The molecule has 30 heavy (non-hydrogen) atoms. The maximum atomic E-state index is 12.8. The first-order chi connectivity index (χ1) is 14.6. The van der Waals surface area contributed by atoms with E-state index in [2.05, 4.69) is 32.4 Å². The number of piperidine rings is 1. The highest BCUT2D eigenvalue weighted by Crippen LogP contribution is 2.36. The van der Waals surface area contributed by atoms with Crippen LogP contribution >= 0.6 is 0 Å². The number of fused-ring (bicyclic) bond motifs is 1. The molecule has 0 atom stereocenters. The average Bonchev–Trinajstić information content (AvgIpc) is 3.33. The smallest absolute Gasteiger partial charge is 0.325 e. The number of nitrogens with one attached hydrogen (secondary N) is 1. The van der Waals surface area contributed by atoms with Gasteiger partial charge < -0.3 is 9.80 Å². The molecule has 0 aliphatic carbocycles. The van der Waals surface area contributed by atoms with Crippen LogP contribution in [0.4, 0.5) is 10.5 Å². The number of hydrogen-bond donors (Lipinski definition) is 1. The van der Waals surface area contributed by atoms with Crippen molar-refractivity contribution < 1.29 is 9.59 Å². The van der Waals surface area contributed by atoms with E-state index in [4.69, 9.17) is 0 Å². The van der Waals surface area contributed by atoms with Crippen LogP contribution in [0.25, 0.3) is 5.65 Å². The molecule has 2 aromatic heterocycles. The number of rotatable bonds is 4. The highest BCUT2D eigenvalue weighted by molar-refractivity contribution is 6.07. The van der Waals surface area contributed by atoms with Gasteiger partial charge in [0.25, 0.3) is 5.91 Å². The molecule has 2 saturated heterocycles. The molecule has 0 unspecified atom stereocenters. The molecule has 5 rings (SSSR count). The minimum absolute atomic E-state index is 0.195. The van der Waals surface area contributed by atoms with Gasteiger partial charge in [0.1, 0.15) is 11.9 Å². The van der Waals surface area contributed by atoms with Gasteiger partial charge in [0.05, 0.1) is 11.4 Å². The maximum absolute atomic E-state index is 12.8. The van der Waals surface area contributed by atoms with Gasteiger partial charge in [0.2, 0.25) is 5.65 Å². The van der Waals surface area contributed by atoms with Crippen LogP contribution in [0.1, 0.15) is 31.0 Å². The molecular formula is C21H23N7O2. The number of nitrogens with zero attached hydrogens (tertiary/aromatic N) is 6. The van der Waals surface area contributed by atoms with Crippen LogP contribution in [-0.4, -0.2) is 55.3 Å². The Morgan fingerprint density at radius 1 is 1.13 bits per heavy atom. The van der Waals surface area contributed by atoms with Gasteiger partial charge in [0.15, 0.2) is 0 Å². The second-order valence-corrected chi connectivity index (χ2v) is 7.82. The van der Waals surface area contributed by atoms with E-state index >= 15 is 0 Å². The molecule has 1 spiro atoms. The van der Waals surface area contributed by atoms with Gasteiger partial charge in [-0.2, -0.15) is 9.61 Å². The summed E-state index contributed by atoms with van der Waals surface area (Å²) in [5.41, 5.74) is 2.83. The van der Waals surface area contributed by atoms with Crippen molar-refractivity contribution >= 4 is 23.3 Å². The lowest BCUT2D eigenvalue weighted by atomic mass is 9.85. The third-order valence-corrected chi connectivity index (χ3v) is 6.18. The molecule has 3 aromatic rings. The van der Waals surface area contributed by atoms with Crippen LogP contribution in [0.3, 0.4) is 0 Å². The Morgan fingerprint density at radius 2 is 1.90 bits per heavy atom. The zero-order chi connectivity index (χ0) is 20.7. The molecule has 2 aliphatic rings. The number of carbonyl (C=O) groups is 2. The van der Waals surface area contributed by atoms with E-state index < -0.39 is 5.54 Å². The number of aryl methyl sites for hydroxylation is 1. The van der Waals surface area contributed by atoms with Gasteiger partial charge in [0, 0.05) is 19.6 Å². The summed E-state index contributed by atoms with van der Waals surface area (Å²) in [7, 11) is 0. The zero-order valence-corrected chi connectivity index (χ0v) is 16.8. The Balaban J connectivity index is 1.42. The standard InChI is InChI=1S/C21H23N7O2/c1-2-16-12-17(18-24-22-14-28(18)25-16)26-10-8-21(9-11-26)19(29)23-20(30)27(21)13-15-6-4-3-5-7-15/h3-7,12,14H,2,8-11,13H2,1H3,(H,23,29,30). The summed E-state index contributed by atoms with van der Waals surface area (Å²) in [5, 5.41) is 15.3. The average molecular weight is 405 g/mol. The predicted molar refractivity (Wildman–Crippen MR) is 110 cm³/mol. The van der Waals surface area contributed by atoms with E-state index in [-0.39, 0.29) is 11.9 Å². The Morgan fingerprint density at radius 3 is 2.63 bits per heavy atom. The molecule has 1 N–H and O–H groups in total. The van der Waals surface area contributed by atoms with Crippen molar-refractivity contribution in [1.29, 1.82) is 0 Å². The lowest BCUT2D eigenvalue weighted by Crippen LogP contribution is -2.56. The molecule has 0 bridgehead atoms. The highest BCUT2D eigenvalue weighted by atomic mass is 16.2. The predicted octanol–water partition coefficient (Wildman–Crippen LogP) is 1.78. The van der Waals surface area contributed by atoms with Crippen LogP contribution < -0.4 is 10.2 Å². The van der Waals surface area contributed by atoms with Crippen molar-refractivity contribution in [2.24, 2.45) is 0 Å². The summed E-state index contributed by atoms with van der Waals surface area (Å²) in [6.45, 7) is 3.76. The van der Waals surface area contributed by atoms with E-state index in [0.717, 1.165) is 23.4 Å². The molecule has 0 radical (unpaired) electrons. The summed E-state index contributed by atoms with van der Waals surface area (Å²) >= 11 is 0. The first-order valence-electron chi connectivity index (χ1n) is 10.2. The number of aromatic nitrogens is 4. The Kier molecular flexibility index (Phi) is 4.38. The van der Waals surface area contributed by atoms with Crippen LogP contribution in [0.15, 0.2) is 42.7 Å². The first kappa shape index (κ1) is 18.5. The van der Waals surface area contributed by atoms with Gasteiger partial charge in [-0.15, -0.1) is 10.2 Å². The normalized spacial score (nSPS) is 18.4. The van der Waals surface area contributed by atoms with Crippen molar-refractivity contribution in [2.75, 3.05) is 18.0 Å². The Hall–Kier alpha value is -3.49. The molecule has 9 nitrogen and oxygen atoms in total. The fraction of sp³-hybridized carbons (Fsp3) is 0.381. The summed E-state index contributed by atoms with van der Waals surface area (Å²) < 4.78 is 1.70. The van der Waals surface area contributed by atoms with Gasteiger partial charge in [-0.3, -0.25) is 10.1 Å². The zero-order valence-electron chi connectivity index (χ0n) is 16.8. The number of imide groups is 1. The van der Waals surface area contributed by atoms with Gasteiger partial charge in [-0.1, -0.05) is 37.3 Å². The summed E-state index contributed by atoms with van der Waals surface area (Å²) in [5.74, 6) is -0.195. The molecule has 9 heteroatoms. The van der Waals surface area contributed by atoms with Crippen LogP contribution in [0.5, 0.6) is 0 Å². The van der Waals surface area contributed by atoms with Crippen molar-refractivity contribution in [1.82, 2.24) is 30.0 Å². The molecule has 3 amide bonds. The van der Waals surface area contributed by atoms with E-state index in [9.17, 15) is 9.59 Å². The monoisotopic (exact) mass is 405 g/mol. The second kappa shape index (κ2) is 7.08. The second-order valence-electron chi connectivity index (χ2n) is 7.82. The number of benzene rings is 1. The minimum Gasteiger partial charge on any atom is -0.368 e. The molecule has 2 aliphatic heterocycles. The van der Waals surface area contributed by atoms with Crippen LogP contribution in [-0.2, 0) is 17.8 Å². The number of carbonyl (C=O) groups excluding carboxylic acids is 2. The molecular weight excluding hydrogens is 382 g/mol. The van der Waals surface area contributed by atoms with Crippen molar-refractivity contribution in [3.05, 3.63) is 54.0 Å². The molecule has 4 heterocycles. The van der Waals surface area contributed by atoms with E-state index in [1.165, 1.54) is 0 Å². The summed E-state index contributed by atoms with van der Waals surface area (Å²) in [4.78, 5) is 29.4. The van der Waals surface area contributed by atoms with Crippen LogP contribution in [0.2, 0.25) is 0 Å². The lowest BCUT2D eigenvalue weighted by molar-refractivity contribution is -0.127. The largest absolute Gasteiger partial charge is 0.368 e. The summed E-state index contributed by atoms with van der Waals surface area (Å²) in [6, 6.07) is 11.5. The fourth-order valence-corrected chi connectivity index (χ4v) is 4.47. The first-order valence-corrected chi connectivity index (χ1v) is 10.2. The highest BCUT2D eigenvalue weighted by Gasteiger charge is 2.54. The molecule has 0 saturated carbocycles. The van der Waals surface area contributed by atoms with Crippen LogP contribution in [0, 0.1) is 0 Å². The van der Waals surface area contributed by atoms with Crippen molar-refractivity contribution in [3.8, 4) is 0 Å². The van der Waals surface area contributed by atoms with Gasteiger partial charge in [-0.05, 0) is 30.9 Å². The van der Waals surface area contributed by atoms with E-state index in [0.29, 0.717) is 38.1 Å². The Bertz CT molecular complexity index is 1100. The topological polar surface area (TPSA) is 95.7 Å². The fourth-order valence-electron chi connectivity index (χ4n) is 4.47. The third-order valence-electron chi connectivity index (χ3n) is 6.18. The maximum Gasteiger partial charge on any atom is 0.325 e. The number of amides is 3. The molecule has 1 aromatic carbocycles. The van der Waals surface area contributed by atoms with Crippen molar-refractivity contribution in [2.45, 2.75) is 38.3 Å². The number of anilines is 1. The van der Waals surface area contributed by atoms with E-state index in [1.54, 1.807) is 15.7 Å². The lowest BCUT2D eigenvalue weighted by Gasteiger charge is -2.43. The van der Waals surface area contributed by atoms with Crippen molar-refractivity contribution in [3.63, 3.8) is 0 Å². The quantitative estimate of drug-likeness (QED) is 0.665. The van der Waals surface area contributed by atoms with Gasteiger partial charge in [-0.25, -0.2) is 4.79 Å². The van der Waals surface area contributed by atoms with Gasteiger partial charge >= 0.3 is 6.03 Å². The molecule has 154 valence electrons. The SMILES string of the molecule is CCc1cc(N2CCC3(CC2)C(=O)NC(=O)N3Cc2ccccc2)c2nncn2n1. The summed E-state index contributed by atoms with van der Waals surface area (Å²) in [6.07, 6.45) is 3.53. The number of hydrogen-bond acceptors (Lipinski definition) is 6.